The maximum Gasteiger partial charge on any atom is 0.227 e. The molecule has 11 aromatic rings. The number of hydrogen-bond acceptors (Lipinski definition) is 3. The second-order valence-electron chi connectivity index (χ2n) is 14.7. The normalized spacial score (nSPS) is 11.4. The molecule has 0 aliphatic carbocycles. The van der Waals surface area contributed by atoms with Gasteiger partial charge in [0, 0.05) is 27.9 Å². The molecule has 0 unspecified atom stereocenters. The topological polar surface area (TPSA) is 29.3 Å². The van der Waals surface area contributed by atoms with Gasteiger partial charge in [-0.15, -0.1) is 0 Å². The molecule has 0 spiro atoms. The number of rotatable bonds is 7. The van der Waals surface area contributed by atoms with Crippen LogP contribution in [-0.2, 0) is 0 Å². The molecule has 0 saturated heterocycles. The molecule has 10 aromatic carbocycles. The number of aromatic nitrogens is 1. The minimum atomic E-state index is 0.615. The Labute approximate surface area is 336 Å². The Morgan fingerprint density at radius 3 is 1.78 bits per heavy atom. The van der Waals surface area contributed by atoms with Crippen molar-refractivity contribution in [2.24, 2.45) is 0 Å². The van der Waals surface area contributed by atoms with Gasteiger partial charge in [0.2, 0.25) is 5.89 Å². The lowest BCUT2D eigenvalue weighted by atomic mass is 9.91. The van der Waals surface area contributed by atoms with Crippen molar-refractivity contribution >= 4 is 60.5 Å². The number of benzene rings is 10. The van der Waals surface area contributed by atoms with Gasteiger partial charge in [0.1, 0.15) is 5.52 Å². The fourth-order valence-corrected chi connectivity index (χ4v) is 8.54. The summed E-state index contributed by atoms with van der Waals surface area (Å²) in [7, 11) is 0. The summed E-state index contributed by atoms with van der Waals surface area (Å²) in [6.45, 7) is 0. The number of fused-ring (bicyclic) bond motifs is 6. The van der Waals surface area contributed by atoms with Crippen LogP contribution in [-0.4, -0.2) is 4.98 Å². The van der Waals surface area contributed by atoms with E-state index < -0.39 is 0 Å². The van der Waals surface area contributed by atoms with Crippen LogP contribution in [0.25, 0.3) is 88.3 Å². The van der Waals surface area contributed by atoms with Crippen molar-refractivity contribution in [3.63, 3.8) is 0 Å². The third-order valence-corrected chi connectivity index (χ3v) is 11.3. The second-order valence-corrected chi connectivity index (χ2v) is 14.7. The Morgan fingerprint density at radius 2 is 1.02 bits per heavy atom. The summed E-state index contributed by atoms with van der Waals surface area (Å²) in [6, 6.07) is 77.8. The van der Waals surface area contributed by atoms with Crippen LogP contribution >= 0.6 is 0 Å². The molecule has 0 saturated carbocycles. The second kappa shape index (κ2) is 14.1. The highest BCUT2D eigenvalue weighted by Gasteiger charge is 2.22. The quantitative estimate of drug-likeness (QED) is 0.152. The van der Waals surface area contributed by atoms with Crippen molar-refractivity contribution in [2.75, 3.05) is 4.90 Å². The first-order valence-corrected chi connectivity index (χ1v) is 19.7. The Hall–Kier alpha value is -7.75. The van der Waals surface area contributed by atoms with Gasteiger partial charge in [0.15, 0.2) is 5.58 Å². The van der Waals surface area contributed by atoms with E-state index in [0.29, 0.717) is 5.89 Å². The average molecular weight is 741 g/mol. The van der Waals surface area contributed by atoms with E-state index in [9.17, 15) is 0 Å². The smallest absolute Gasteiger partial charge is 0.227 e. The van der Waals surface area contributed by atoms with Crippen molar-refractivity contribution in [2.45, 2.75) is 0 Å². The third kappa shape index (κ3) is 5.80. The van der Waals surface area contributed by atoms with Gasteiger partial charge in [-0.2, -0.15) is 0 Å². The molecule has 0 aliphatic heterocycles. The van der Waals surface area contributed by atoms with Crippen LogP contribution in [0.2, 0.25) is 0 Å². The van der Waals surface area contributed by atoms with E-state index in [1.165, 1.54) is 33.0 Å². The van der Waals surface area contributed by atoms with E-state index in [4.69, 9.17) is 9.40 Å². The van der Waals surface area contributed by atoms with Gasteiger partial charge in [0.05, 0.1) is 5.69 Å². The summed E-state index contributed by atoms with van der Waals surface area (Å²) >= 11 is 0. The van der Waals surface area contributed by atoms with Crippen LogP contribution in [0.3, 0.4) is 0 Å². The van der Waals surface area contributed by atoms with Crippen LogP contribution in [0.15, 0.2) is 223 Å². The summed E-state index contributed by atoms with van der Waals surface area (Å²) in [5.74, 6) is 0.615. The molecule has 0 fully saturated rings. The minimum Gasteiger partial charge on any atom is -0.435 e. The summed E-state index contributed by atoms with van der Waals surface area (Å²) in [6.07, 6.45) is 0. The van der Waals surface area contributed by atoms with E-state index in [1.807, 2.05) is 30.3 Å². The first-order valence-electron chi connectivity index (χ1n) is 19.7. The highest BCUT2D eigenvalue weighted by atomic mass is 16.3. The van der Waals surface area contributed by atoms with E-state index in [1.54, 1.807) is 0 Å². The lowest BCUT2D eigenvalue weighted by Gasteiger charge is -2.29. The maximum atomic E-state index is 6.73. The van der Waals surface area contributed by atoms with Crippen LogP contribution in [0.5, 0.6) is 0 Å². The van der Waals surface area contributed by atoms with Gasteiger partial charge >= 0.3 is 0 Å². The summed E-state index contributed by atoms with van der Waals surface area (Å²) in [5, 5.41) is 6.86. The first kappa shape index (κ1) is 33.6. The molecule has 3 nitrogen and oxygen atoms in total. The fraction of sp³-hybridized carbons (Fsp3) is 0. The number of nitrogens with zero attached hydrogens (tertiary/aromatic N) is 2. The number of para-hydroxylation sites is 1. The molecule has 0 atom stereocenters. The molecule has 0 amide bonds. The van der Waals surface area contributed by atoms with E-state index in [2.05, 4.69) is 193 Å². The van der Waals surface area contributed by atoms with Gasteiger partial charge in [-0.1, -0.05) is 158 Å². The SMILES string of the molecule is c1ccc(-c2nc3ccc4cc(-c5ccccc5)c5ccc(N(c6ccccc6)c6ccc(-c7cccc8ccccc78)cc6-c6ccccc6)cc5c4c3o2)cc1. The number of anilines is 3. The first-order chi connectivity index (χ1) is 28.8. The van der Waals surface area contributed by atoms with Gasteiger partial charge in [0.25, 0.3) is 0 Å². The highest BCUT2D eigenvalue weighted by molar-refractivity contribution is 6.22. The Morgan fingerprint density at radius 1 is 0.362 bits per heavy atom. The molecule has 0 radical (unpaired) electrons. The van der Waals surface area contributed by atoms with Crippen LogP contribution in [0.1, 0.15) is 0 Å². The van der Waals surface area contributed by atoms with E-state index in [0.717, 1.165) is 66.4 Å². The summed E-state index contributed by atoms with van der Waals surface area (Å²) in [4.78, 5) is 7.39. The summed E-state index contributed by atoms with van der Waals surface area (Å²) in [5.41, 5.74) is 12.8. The van der Waals surface area contributed by atoms with Crippen LogP contribution < -0.4 is 4.90 Å². The lowest BCUT2D eigenvalue weighted by molar-refractivity contribution is 0.623. The third-order valence-electron chi connectivity index (χ3n) is 11.3. The lowest BCUT2D eigenvalue weighted by Crippen LogP contribution is -2.11. The zero-order valence-corrected chi connectivity index (χ0v) is 31.6. The zero-order valence-electron chi connectivity index (χ0n) is 31.6. The molecule has 11 rings (SSSR count). The van der Waals surface area contributed by atoms with Crippen LogP contribution in [0, 0.1) is 0 Å². The molecule has 58 heavy (non-hydrogen) atoms. The van der Waals surface area contributed by atoms with E-state index in [-0.39, 0.29) is 0 Å². The molecule has 3 heteroatoms. The molecule has 1 aromatic heterocycles. The number of oxazole rings is 1. The van der Waals surface area contributed by atoms with Crippen molar-refractivity contribution < 1.29 is 4.42 Å². The molecule has 0 N–H and O–H groups in total. The van der Waals surface area contributed by atoms with Gasteiger partial charge in [-0.05, 0) is 115 Å². The van der Waals surface area contributed by atoms with Gasteiger partial charge in [-0.25, -0.2) is 4.98 Å². The predicted molar refractivity (Wildman–Crippen MR) is 243 cm³/mol. The fourth-order valence-electron chi connectivity index (χ4n) is 8.54. The molecule has 0 bridgehead atoms. The highest BCUT2D eigenvalue weighted by Crippen LogP contribution is 2.46. The van der Waals surface area contributed by atoms with Crippen molar-refractivity contribution in [3.8, 4) is 44.8 Å². The number of hydrogen-bond donors (Lipinski definition) is 0. The minimum absolute atomic E-state index is 0.615. The van der Waals surface area contributed by atoms with E-state index >= 15 is 0 Å². The van der Waals surface area contributed by atoms with Crippen molar-refractivity contribution in [3.05, 3.63) is 218 Å². The Bertz CT molecular complexity index is 3260. The Balaban J connectivity index is 1.19. The Kier molecular flexibility index (Phi) is 8.15. The average Bonchev–Trinajstić information content (AvgIpc) is 3.75. The molecular weight excluding hydrogens is 705 g/mol. The molecule has 0 aliphatic rings. The largest absolute Gasteiger partial charge is 0.435 e. The maximum absolute atomic E-state index is 6.73. The molecular formula is C55H36N2O. The van der Waals surface area contributed by atoms with Gasteiger partial charge in [-0.3, -0.25) is 0 Å². The van der Waals surface area contributed by atoms with Crippen molar-refractivity contribution in [1.29, 1.82) is 0 Å². The van der Waals surface area contributed by atoms with Crippen molar-refractivity contribution in [1.82, 2.24) is 4.98 Å². The summed E-state index contributed by atoms with van der Waals surface area (Å²) < 4.78 is 6.73. The van der Waals surface area contributed by atoms with Crippen LogP contribution in [0.4, 0.5) is 17.1 Å². The monoisotopic (exact) mass is 740 g/mol. The van der Waals surface area contributed by atoms with Gasteiger partial charge < -0.3 is 9.32 Å². The standard InChI is InChI=1S/C55H36N2O/c1-5-16-38(17-6-1)48-35-42-28-32-51-54(58-55(56-51)40-21-9-3-10-22-40)53(42)50-36-44(30-31-47(48)50)57(43-24-11-4-12-25-43)52-33-29-41(34-49(52)39-18-7-2-8-19-39)46-27-15-23-37-20-13-14-26-45(37)46/h1-36H. The zero-order chi connectivity index (χ0) is 38.4. The molecule has 272 valence electrons. The predicted octanol–water partition coefficient (Wildman–Crippen LogP) is 15.4. The molecule has 1 heterocycles.